The van der Waals surface area contributed by atoms with Gasteiger partial charge in [0.05, 0.1) is 4.47 Å². The summed E-state index contributed by atoms with van der Waals surface area (Å²) in [7, 11) is 0. The Morgan fingerprint density at radius 2 is 2.33 bits per heavy atom. The third kappa shape index (κ3) is 1.61. The van der Waals surface area contributed by atoms with Crippen LogP contribution in [0.1, 0.15) is 19.3 Å². The van der Waals surface area contributed by atoms with Gasteiger partial charge >= 0.3 is 0 Å². The molecule has 0 radical (unpaired) electrons. The molecule has 1 aliphatic rings. The van der Waals surface area contributed by atoms with Gasteiger partial charge in [0.2, 0.25) is 5.88 Å². The molecule has 1 fully saturated rings. The van der Waals surface area contributed by atoms with Crippen molar-refractivity contribution in [3.8, 4) is 5.88 Å². The van der Waals surface area contributed by atoms with Gasteiger partial charge in [-0.15, -0.1) is 0 Å². The van der Waals surface area contributed by atoms with Crippen LogP contribution in [0.4, 0.5) is 0 Å². The van der Waals surface area contributed by atoms with Gasteiger partial charge in [0.25, 0.3) is 0 Å². The summed E-state index contributed by atoms with van der Waals surface area (Å²) in [5, 5.41) is 7.81. The van der Waals surface area contributed by atoms with Gasteiger partial charge in [-0.3, -0.25) is 5.10 Å². The minimum absolute atomic E-state index is 0.338. The topological polar surface area (TPSA) is 50.8 Å². The first-order valence-corrected chi connectivity index (χ1v) is 5.79. The van der Waals surface area contributed by atoms with E-state index in [1.165, 1.54) is 6.42 Å². The van der Waals surface area contributed by atoms with Crippen LogP contribution >= 0.6 is 15.9 Å². The Kier molecular flexibility index (Phi) is 2.12. The molecule has 3 rings (SSSR count). The van der Waals surface area contributed by atoms with Crippen molar-refractivity contribution in [2.45, 2.75) is 25.4 Å². The predicted octanol–water partition coefficient (Wildman–Crippen LogP) is 2.65. The van der Waals surface area contributed by atoms with Crippen molar-refractivity contribution >= 4 is 27.0 Å². The molecule has 2 heterocycles. The molecular formula is C10H10BrN3O. The van der Waals surface area contributed by atoms with Crippen molar-refractivity contribution in [3.05, 3.63) is 16.7 Å². The maximum absolute atomic E-state index is 5.75. The van der Waals surface area contributed by atoms with E-state index >= 15 is 0 Å². The molecule has 5 heteroatoms. The largest absolute Gasteiger partial charge is 0.474 e. The summed E-state index contributed by atoms with van der Waals surface area (Å²) in [5.41, 5.74) is 0.701. The number of pyridine rings is 1. The van der Waals surface area contributed by atoms with E-state index in [9.17, 15) is 0 Å². The first kappa shape index (κ1) is 9.15. The van der Waals surface area contributed by atoms with E-state index in [0.717, 1.165) is 22.7 Å². The molecule has 1 N–H and O–H groups in total. The molecule has 0 saturated heterocycles. The van der Waals surface area contributed by atoms with Crippen molar-refractivity contribution in [1.82, 2.24) is 15.2 Å². The molecule has 0 aliphatic heterocycles. The maximum Gasteiger partial charge on any atom is 0.230 e. The van der Waals surface area contributed by atoms with Gasteiger partial charge in [-0.25, -0.2) is 0 Å². The summed E-state index contributed by atoms with van der Waals surface area (Å²) in [6.07, 6.45) is 5.68. The SMILES string of the molecule is Brc1cc2c[nH]nc2nc1OC1CCC1. The zero-order valence-corrected chi connectivity index (χ0v) is 9.62. The lowest BCUT2D eigenvalue weighted by Crippen LogP contribution is -2.25. The highest BCUT2D eigenvalue weighted by atomic mass is 79.9. The number of aromatic nitrogens is 3. The fourth-order valence-corrected chi connectivity index (χ4v) is 1.99. The second-order valence-corrected chi connectivity index (χ2v) is 4.60. The number of ether oxygens (including phenoxy) is 1. The highest BCUT2D eigenvalue weighted by molar-refractivity contribution is 9.10. The average molecular weight is 268 g/mol. The van der Waals surface area contributed by atoms with E-state index in [0.29, 0.717) is 17.6 Å². The van der Waals surface area contributed by atoms with Gasteiger partial charge in [0.15, 0.2) is 5.65 Å². The summed E-state index contributed by atoms with van der Waals surface area (Å²) in [4.78, 5) is 4.35. The van der Waals surface area contributed by atoms with Crippen molar-refractivity contribution < 1.29 is 4.74 Å². The predicted molar refractivity (Wildman–Crippen MR) is 59.9 cm³/mol. The summed E-state index contributed by atoms with van der Waals surface area (Å²) in [6.45, 7) is 0. The Bertz CT molecular complexity index is 492. The molecule has 1 saturated carbocycles. The first-order chi connectivity index (χ1) is 7.33. The van der Waals surface area contributed by atoms with E-state index in [1.54, 1.807) is 0 Å². The fraction of sp³-hybridized carbons (Fsp3) is 0.400. The molecule has 2 aromatic rings. The van der Waals surface area contributed by atoms with Crippen molar-refractivity contribution in [3.63, 3.8) is 0 Å². The second-order valence-electron chi connectivity index (χ2n) is 3.74. The minimum Gasteiger partial charge on any atom is -0.474 e. The Morgan fingerprint density at radius 1 is 1.47 bits per heavy atom. The average Bonchev–Trinajstić information content (AvgIpc) is 2.58. The lowest BCUT2D eigenvalue weighted by atomic mass is 9.96. The Labute approximate surface area is 95.2 Å². The molecule has 2 aromatic heterocycles. The first-order valence-electron chi connectivity index (χ1n) is 4.99. The number of rotatable bonds is 2. The summed E-state index contributed by atoms with van der Waals surface area (Å²) >= 11 is 3.45. The Morgan fingerprint density at radius 3 is 3.07 bits per heavy atom. The number of fused-ring (bicyclic) bond motifs is 1. The van der Waals surface area contributed by atoms with Crippen LogP contribution < -0.4 is 4.74 Å². The molecule has 0 aromatic carbocycles. The van der Waals surface area contributed by atoms with Crippen LogP contribution in [0.3, 0.4) is 0 Å². The summed E-state index contributed by atoms with van der Waals surface area (Å²) in [6, 6.07) is 1.97. The van der Waals surface area contributed by atoms with Crippen LogP contribution in [0.2, 0.25) is 0 Å². The number of hydrogen-bond donors (Lipinski definition) is 1. The van der Waals surface area contributed by atoms with Crippen LogP contribution in [0, 0.1) is 0 Å². The number of nitrogens with zero attached hydrogens (tertiary/aromatic N) is 2. The summed E-state index contributed by atoms with van der Waals surface area (Å²) in [5.74, 6) is 0.652. The smallest absolute Gasteiger partial charge is 0.230 e. The minimum atomic E-state index is 0.338. The Balaban J connectivity index is 1.97. The van der Waals surface area contributed by atoms with Gasteiger partial charge in [0.1, 0.15) is 6.10 Å². The van der Waals surface area contributed by atoms with Crippen LogP contribution in [-0.2, 0) is 0 Å². The number of halogens is 1. The van der Waals surface area contributed by atoms with Gasteiger partial charge in [-0.1, -0.05) is 0 Å². The normalized spacial score (nSPS) is 16.6. The van der Waals surface area contributed by atoms with E-state index in [4.69, 9.17) is 4.74 Å². The second kappa shape index (κ2) is 3.48. The van der Waals surface area contributed by atoms with Gasteiger partial charge in [-0.2, -0.15) is 10.1 Å². The van der Waals surface area contributed by atoms with Crippen LogP contribution in [-0.4, -0.2) is 21.3 Å². The van der Waals surface area contributed by atoms with E-state index in [1.807, 2.05) is 12.3 Å². The molecule has 0 spiro atoms. The van der Waals surface area contributed by atoms with Crippen molar-refractivity contribution in [2.24, 2.45) is 0 Å². The van der Waals surface area contributed by atoms with Gasteiger partial charge in [0, 0.05) is 11.6 Å². The molecule has 78 valence electrons. The monoisotopic (exact) mass is 267 g/mol. The third-order valence-corrected chi connectivity index (χ3v) is 3.24. The lowest BCUT2D eigenvalue weighted by molar-refractivity contribution is 0.114. The highest BCUT2D eigenvalue weighted by Gasteiger charge is 2.21. The van der Waals surface area contributed by atoms with Gasteiger partial charge in [-0.05, 0) is 41.3 Å². The van der Waals surface area contributed by atoms with Gasteiger partial charge < -0.3 is 4.74 Å². The standard InChI is InChI=1S/C10H10BrN3O/c11-8-4-6-5-12-14-9(6)13-10(8)15-7-2-1-3-7/h4-5,7H,1-3H2,(H,12,13,14). The van der Waals surface area contributed by atoms with Crippen molar-refractivity contribution in [1.29, 1.82) is 0 Å². The zero-order valence-electron chi connectivity index (χ0n) is 8.03. The molecular weight excluding hydrogens is 258 g/mol. The molecule has 15 heavy (non-hydrogen) atoms. The Hall–Kier alpha value is -1.10. The molecule has 0 atom stereocenters. The molecule has 1 aliphatic carbocycles. The fourth-order valence-electron chi connectivity index (χ4n) is 1.56. The zero-order chi connectivity index (χ0) is 10.3. The third-order valence-electron chi connectivity index (χ3n) is 2.67. The maximum atomic E-state index is 5.75. The van der Waals surface area contributed by atoms with Crippen molar-refractivity contribution in [2.75, 3.05) is 0 Å². The molecule has 4 nitrogen and oxygen atoms in total. The van der Waals surface area contributed by atoms with Crippen LogP contribution in [0.5, 0.6) is 5.88 Å². The molecule has 0 bridgehead atoms. The van der Waals surface area contributed by atoms with E-state index < -0.39 is 0 Å². The van der Waals surface area contributed by atoms with Crippen LogP contribution in [0.25, 0.3) is 11.0 Å². The quantitative estimate of drug-likeness (QED) is 0.910. The lowest BCUT2D eigenvalue weighted by Gasteiger charge is -2.26. The number of nitrogens with one attached hydrogen (secondary N) is 1. The highest BCUT2D eigenvalue weighted by Crippen LogP contribution is 2.30. The number of H-pyrrole nitrogens is 1. The number of aromatic amines is 1. The molecule has 0 amide bonds. The number of hydrogen-bond acceptors (Lipinski definition) is 3. The summed E-state index contributed by atoms with van der Waals surface area (Å²) < 4.78 is 6.64. The van der Waals surface area contributed by atoms with E-state index in [2.05, 4.69) is 31.1 Å². The van der Waals surface area contributed by atoms with E-state index in [-0.39, 0.29) is 0 Å². The van der Waals surface area contributed by atoms with Crippen LogP contribution in [0.15, 0.2) is 16.7 Å². The molecule has 0 unspecified atom stereocenters.